The quantitative estimate of drug-likeness (QED) is 0.630. The molecule has 1 amide bonds. The highest BCUT2D eigenvalue weighted by Gasteiger charge is 2.41. The van der Waals surface area contributed by atoms with Crippen LogP contribution in [0.15, 0.2) is 65.8 Å². The number of ether oxygens (including phenoxy) is 1. The minimum absolute atomic E-state index is 0.0312. The van der Waals surface area contributed by atoms with Crippen molar-refractivity contribution in [3.63, 3.8) is 0 Å². The van der Waals surface area contributed by atoms with E-state index in [0.717, 1.165) is 5.56 Å². The molecule has 0 aliphatic rings. The fourth-order valence-electron chi connectivity index (χ4n) is 2.22. The topological polar surface area (TPSA) is 59.9 Å². The van der Waals surface area contributed by atoms with Crippen LogP contribution in [0.25, 0.3) is 0 Å². The van der Waals surface area contributed by atoms with E-state index in [9.17, 15) is 4.79 Å². The van der Waals surface area contributed by atoms with Crippen LogP contribution in [0.5, 0.6) is 0 Å². The van der Waals surface area contributed by atoms with Crippen molar-refractivity contribution in [2.45, 2.75) is 5.60 Å². The van der Waals surface area contributed by atoms with Crippen molar-refractivity contribution in [3.8, 4) is 0 Å². The average Bonchev–Trinajstić information content (AvgIpc) is 2.63. The Morgan fingerprint density at radius 2 is 1.74 bits per heavy atom. The largest absolute Gasteiger partial charge is 0.392 e. The summed E-state index contributed by atoms with van der Waals surface area (Å²) in [7, 11) is 3.04. The van der Waals surface area contributed by atoms with Gasteiger partial charge in [-0.1, -0.05) is 65.8 Å². The summed E-state index contributed by atoms with van der Waals surface area (Å²) in [5, 5.41) is 6.55. The van der Waals surface area contributed by atoms with Crippen LogP contribution in [0, 0.1) is 0 Å². The fraction of sp³-hybridized carbons (Fsp3) is 0.222. The first-order valence-electron chi connectivity index (χ1n) is 7.26. The van der Waals surface area contributed by atoms with Crippen molar-refractivity contribution in [3.05, 3.63) is 71.8 Å². The molecule has 0 bridgehead atoms. The van der Waals surface area contributed by atoms with Crippen LogP contribution in [0.1, 0.15) is 11.1 Å². The maximum atomic E-state index is 12.4. The molecule has 0 spiro atoms. The van der Waals surface area contributed by atoms with E-state index in [1.54, 1.807) is 13.3 Å². The second-order valence-electron chi connectivity index (χ2n) is 4.89. The van der Waals surface area contributed by atoms with Crippen molar-refractivity contribution in [1.82, 2.24) is 5.32 Å². The van der Waals surface area contributed by atoms with Crippen LogP contribution >= 0.6 is 0 Å². The van der Waals surface area contributed by atoms with E-state index in [4.69, 9.17) is 9.57 Å². The number of amides is 1. The highest BCUT2D eigenvalue weighted by atomic mass is 16.6. The first-order chi connectivity index (χ1) is 11.2. The summed E-state index contributed by atoms with van der Waals surface area (Å²) in [6, 6.07) is 18.8. The number of nitrogens with zero attached hydrogens (tertiary/aromatic N) is 1. The number of hydrogen-bond donors (Lipinski definition) is 1. The van der Waals surface area contributed by atoms with Gasteiger partial charge in [0.15, 0.2) is 6.61 Å². The van der Waals surface area contributed by atoms with E-state index in [1.165, 1.54) is 7.11 Å². The van der Waals surface area contributed by atoms with Crippen LogP contribution < -0.4 is 5.32 Å². The minimum Gasteiger partial charge on any atom is -0.392 e. The normalized spacial score (nSPS) is 13.5. The second-order valence-corrected chi connectivity index (χ2v) is 4.89. The lowest BCUT2D eigenvalue weighted by Gasteiger charge is -2.29. The Morgan fingerprint density at radius 1 is 1.13 bits per heavy atom. The van der Waals surface area contributed by atoms with Gasteiger partial charge in [0.2, 0.25) is 5.60 Å². The van der Waals surface area contributed by atoms with E-state index < -0.39 is 5.60 Å². The van der Waals surface area contributed by atoms with Gasteiger partial charge in [-0.2, -0.15) is 0 Å². The smallest absolute Gasteiger partial charge is 0.260 e. The molecule has 0 aliphatic heterocycles. The van der Waals surface area contributed by atoms with E-state index >= 15 is 0 Å². The minimum atomic E-state index is -1.25. The number of likely N-dealkylation sites (N-methyl/N-ethyl adjacent to an activating group) is 1. The molecule has 120 valence electrons. The van der Waals surface area contributed by atoms with Crippen LogP contribution in [-0.4, -0.2) is 32.9 Å². The number of hydrogen-bond acceptors (Lipinski definition) is 4. The maximum absolute atomic E-state index is 12.4. The molecular weight excluding hydrogens is 292 g/mol. The van der Waals surface area contributed by atoms with E-state index in [2.05, 4.69) is 10.5 Å². The molecule has 0 saturated carbocycles. The van der Waals surface area contributed by atoms with Crippen molar-refractivity contribution in [1.29, 1.82) is 0 Å². The van der Waals surface area contributed by atoms with E-state index in [0.29, 0.717) is 5.56 Å². The molecule has 1 unspecified atom stereocenters. The van der Waals surface area contributed by atoms with Gasteiger partial charge < -0.3 is 14.9 Å². The molecule has 0 heterocycles. The highest BCUT2D eigenvalue weighted by molar-refractivity contribution is 5.86. The van der Waals surface area contributed by atoms with Crippen LogP contribution in [0.2, 0.25) is 0 Å². The third kappa shape index (κ3) is 3.96. The lowest BCUT2D eigenvalue weighted by atomic mass is 9.93. The molecule has 0 aromatic heterocycles. The summed E-state index contributed by atoms with van der Waals surface area (Å²) in [6.45, 7) is -0.0312. The number of carbonyl (C=O) groups excluding carboxylic acids is 1. The van der Waals surface area contributed by atoms with Gasteiger partial charge in [-0.25, -0.2) is 0 Å². The van der Waals surface area contributed by atoms with E-state index in [-0.39, 0.29) is 12.5 Å². The Kier molecular flexibility index (Phi) is 5.88. The van der Waals surface area contributed by atoms with Crippen LogP contribution in [0.3, 0.4) is 0 Å². The molecule has 1 N–H and O–H groups in total. The molecule has 5 heteroatoms. The van der Waals surface area contributed by atoms with Gasteiger partial charge in [-0.05, 0) is 11.1 Å². The first-order valence-corrected chi connectivity index (χ1v) is 7.26. The summed E-state index contributed by atoms with van der Waals surface area (Å²) < 4.78 is 5.52. The summed E-state index contributed by atoms with van der Waals surface area (Å²) in [5.74, 6) is -0.291. The highest BCUT2D eigenvalue weighted by Crippen LogP contribution is 2.26. The molecule has 2 rings (SSSR count). The number of benzene rings is 2. The Bertz CT molecular complexity index is 644. The predicted molar refractivity (Wildman–Crippen MR) is 89.2 cm³/mol. The standard InChI is InChI=1S/C18H20N2O3/c1-19-17(21)18(22-2,16-11-7-4-8-12-16)14-23-20-13-15-9-5-3-6-10-15/h3-13H,14H2,1-2H3,(H,19,21). The van der Waals surface area contributed by atoms with Gasteiger partial charge in [0.05, 0.1) is 6.21 Å². The molecule has 0 aliphatic carbocycles. The number of rotatable bonds is 7. The molecule has 0 saturated heterocycles. The van der Waals surface area contributed by atoms with Gasteiger partial charge in [0.25, 0.3) is 5.91 Å². The third-order valence-electron chi connectivity index (χ3n) is 3.53. The molecule has 5 nitrogen and oxygen atoms in total. The van der Waals surface area contributed by atoms with Gasteiger partial charge in [-0.3, -0.25) is 4.79 Å². The summed E-state index contributed by atoms with van der Waals surface area (Å²) in [5.41, 5.74) is 0.372. The molecule has 2 aromatic rings. The number of methoxy groups -OCH3 is 1. The van der Waals surface area contributed by atoms with Gasteiger partial charge in [0, 0.05) is 14.2 Å². The molecular formula is C18H20N2O3. The zero-order chi connectivity index (χ0) is 16.5. The van der Waals surface area contributed by atoms with Crippen molar-refractivity contribution < 1.29 is 14.4 Å². The van der Waals surface area contributed by atoms with E-state index in [1.807, 2.05) is 60.7 Å². The van der Waals surface area contributed by atoms with Crippen molar-refractivity contribution in [2.24, 2.45) is 5.16 Å². The molecule has 0 radical (unpaired) electrons. The number of oxime groups is 1. The van der Waals surface area contributed by atoms with Crippen LogP contribution in [0.4, 0.5) is 0 Å². The first kappa shape index (κ1) is 16.7. The monoisotopic (exact) mass is 312 g/mol. The Morgan fingerprint density at radius 3 is 2.30 bits per heavy atom. The lowest BCUT2D eigenvalue weighted by Crippen LogP contribution is -2.47. The Balaban J connectivity index is 2.15. The SMILES string of the molecule is CNC(=O)C(CON=Cc1ccccc1)(OC)c1ccccc1. The zero-order valence-electron chi connectivity index (χ0n) is 13.2. The van der Waals surface area contributed by atoms with Crippen molar-refractivity contribution in [2.75, 3.05) is 20.8 Å². The predicted octanol–water partition coefficient (Wildman–Crippen LogP) is 2.33. The average molecular weight is 312 g/mol. The number of nitrogens with one attached hydrogen (secondary N) is 1. The Hall–Kier alpha value is -2.66. The van der Waals surface area contributed by atoms with Crippen molar-refractivity contribution >= 4 is 12.1 Å². The Labute approximate surface area is 135 Å². The van der Waals surface area contributed by atoms with Crippen LogP contribution in [-0.2, 0) is 20.0 Å². The maximum Gasteiger partial charge on any atom is 0.260 e. The zero-order valence-corrected chi connectivity index (χ0v) is 13.2. The molecule has 0 fully saturated rings. The molecule has 2 aromatic carbocycles. The third-order valence-corrected chi connectivity index (χ3v) is 3.53. The van der Waals surface area contributed by atoms with Gasteiger partial charge in [0.1, 0.15) is 0 Å². The summed E-state index contributed by atoms with van der Waals surface area (Å²) in [4.78, 5) is 17.7. The van der Waals surface area contributed by atoms with Gasteiger partial charge in [-0.15, -0.1) is 0 Å². The summed E-state index contributed by atoms with van der Waals surface area (Å²) in [6.07, 6.45) is 1.59. The summed E-state index contributed by atoms with van der Waals surface area (Å²) >= 11 is 0. The lowest BCUT2D eigenvalue weighted by molar-refractivity contribution is -0.153. The van der Waals surface area contributed by atoms with Gasteiger partial charge >= 0.3 is 0 Å². The second kappa shape index (κ2) is 8.10. The number of carbonyl (C=O) groups is 1. The molecule has 1 atom stereocenters. The fourth-order valence-corrected chi connectivity index (χ4v) is 2.22. The molecule has 23 heavy (non-hydrogen) atoms.